The molecule has 13 heavy (non-hydrogen) atoms. The lowest BCUT2D eigenvalue weighted by Gasteiger charge is -2.15. The zero-order chi connectivity index (χ0) is 10.0. The third-order valence-corrected chi connectivity index (χ3v) is 3.05. The third-order valence-electron chi connectivity index (χ3n) is 3.05. The van der Waals surface area contributed by atoms with Crippen molar-refractivity contribution in [3.8, 4) is 0 Å². The Morgan fingerprint density at radius 3 is 2.38 bits per heavy atom. The summed E-state index contributed by atoms with van der Waals surface area (Å²) in [4.78, 5) is 10.8. The van der Waals surface area contributed by atoms with E-state index in [2.05, 4.69) is 13.8 Å². The van der Waals surface area contributed by atoms with Gasteiger partial charge in [0.25, 0.3) is 0 Å². The Morgan fingerprint density at radius 1 is 1.38 bits per heavy atom. The molecule has 72 valence electrons. The highest BCUT2D eigenvalue weighted by molar-refractivity contribution is 6.11. The molecule has 0 aromatic heterocycles. The maximum atomic E-state index is 10.8. The lowest BCUT2D eigenvalue weighted by atomic mass is 9.81. The fourth-order valence-corrected chi connectivity index (χ4v) is 1.76. The first-order chi connectivity index (χ1) is 6.02. The van der Waals surface area contributed by atoms with Crippen LogP contribution in [0.2, 0.25) is 0 Å². The van der Waals surface area contributed by atoms with Gasteiger partial charge in [-0.3, -0.25) is 0 Å². The minimum atomic E-state index is -0.146. The molecule has 0 N–H and O–H groups in total. The van der Waals surface area contributed by atoms with Crippen molar-refractivity contribution in [2.45, 2.75) is 45.7 Å². The van der Waals surface area contributed by atoms with Gasteiger partial charge in [0, 0.05) is 12.4 Å². The predicted octanol–water partition coefficient (Wildman–Crippen LogP) is 1.52. The predicted molar refractivity (Wildman–Crippen MR) is 52.7 cm³/mol. The summed E-state index contributed by atoms with van der Waals surface area (Å²) in [6.45, 7) is 5.86. The van der Waals surface area contributed by atoms with E-state index in [1.165, 1.54) is 0 Å². The SMILES string of the molecule is [B]C1OC(CCC(C)=O)C(C)C1C. The molecular formula is C10H17BO2. The summed E-state index contributed by atoms with van der Waals surface area (Å²) in [6.07, 6.45) is 1.59. The van der Waals surface area contributed by atoms with Crippen molar-refractivity contribution >= 4 is 13.6 Å². The van der Waals surface area contributed by atoms with Gasteiger partial charge in [-0.1, -0.05) is 13.8 Å². The normalized spacial score (nSPS) is 39.3. The minimum absolute atomic E-state index is 0.146. The second kappa shape index (κ2) is 4.27. The lowest BCUT2D eigenvalue weighted by molar-refractivity contribution is -0.117. The Morgan fingerprint density at radius 2 is 2.00 bits per heavy atom. The van der Waals surface area contributed by atoms with Gasteiger partial charge in [-0.2, -0.15) is 0 Å². The summed E-state index contributed by atoms with van der Waals surface area (Å²) < 4.78 is 5.56. The molecule has 2 radical (unpaired) electrons. The zero-order valence-corrected chi connectivity index (χ0v) is 8.62. The fraction of sp³-hybridized carbons (Fsp3) is 0.900. The van der Waals surface area contributed by atoms with E-state index in [9.17, 15) is 4.79 Å². The maximum absolute atomic E-state index is 10.8. The molecule has 4 unspecified atom stereocenters. The number of Topliss-reactive ketones (excluding diaryl/α,β-unsaturated/α-hetero) is 1. The molecule has 4 atom stereocenters. The summed E-state index contributed by atoms with van der Waals surface area (Å²) in [5.74, 6) is 1.09. The zero-order valence-electron chi connectivity index (χ0n) is 8.62. The monoisotopic (exact) mass is 180 g/mol. The molecule has 2 nitrogen and oxygen atoms in total. The summed E-state index contributed by atoms with van der Waals surface area (Å²) in [6, 6.07) is -0.146. The molecule has 0 aromatic carbocycles. The molecule has 1 aliphatic rings. The topological polar surface area (TPSA) is 26.3 Å². The third kappa shape index (κ3) is 2.57. The molecule has 0 saturated carbocycles. The van der Waals surface area contributed by atoms with Crippen molar-refractivity contribution < 1.29 is 9.53 Å². The average molecular weight is 180 g/mol. The van der Waals surface area contributed by atoms with Crippen LogP contribution in [0.3, 0.4) is 0 Å². The molecule has 1 fully saturated rings. The van der Waals surface area contributed by atoms with Crippen molar-refractivity contribution in [3.63, 3.8) is 0 Å². The highest BCUT2D eigenvalue weighted by atomic mass is 16.5. The van der Waals surface area contributed by atoms with E-state index in [0.29, 0.717) is 18.3 Å². The Bertz CT molecular complexity index is 193. The van der Waals surface area contributed by atoms with Gasteiger partial charge in [-0.05, 0) is 25.2 Å². The maximum Gasteiger partial charge on any atom is 0.129 e. The number of hydrogen-bond donors (Lipinski definition) is 0. The van der Waals surface area contributed by atoms with Crippen LogP contribution in [0.15, 0.2) is 0 Å². The lowest BCUT2D eigenvalue weighted by Crippen LogP contribution is -2.17. The highest BCUT2D eigenvalue weighted by Crippen LogP contribution is 2.32. The van der Waals surface area contributed by atoms with Crippen molar-refractivity contribution in [3.05, 3.63) is 0 Å². The van der Waals surface area contributed by atoms with Crippen molar-refractivity contribution in [2.75, 3.05) is 0 Å². The van der Waals surface area contributed by atoms with E-state index in [1.807, 2.05) is 0 Å². The van der Waals surface area contributed by atoms with Gasteiger partial charge in [0.05, 0.1) is 6.10 Å². The number of hydrogen-bond acceptors (Lipinski definition) is 2. The molecule has 0 spiro atoms. The first-order valence-electron chi connectivity index (χ1n) is 4.93. The number of rotatable bonds is 3. The second-order valence-electron chi connectivity index (χ2n) is 4.10. The van der Waals surface area contributed by atoms with Crippen LogP contribution in [-0.2, 0) is 9.53 Å². The molecule has 1 heterocycles. The van der Waals surface area contributed by atoms with Gasteiger partial charge in [0.2, 0.25) is 0 Å². The van der Waals surface area contributed by atoms with Gasteiger partial charge in [0.15, 0.2) is 0 Å². The number of ketones is 1. The van der Waals surface area contributed by atoms with E-state index < -0.39 is 0 Å². The van der Waals surface area contributed by atoms with E-state index in [4.69, 9.17) is 12.6 Å². The van der Waals surface area contributed by atoms with E-state index in [-0.39, 0.29) is 17.9 Å². The Balaban J connectivity index is 2.40. The van der Waals surface area contributed by atoms with Crippen molar-refractivity contribution in [1.29, 1.82) is 0 Å². The fourth-order valence-electron chi connectivity index (χ4n) is 1.76. The Hall–Kier alpha value is -0.305. The van der Waals surface area contributed by atoms with E-state index in [0.717, 1.165) is 6.42 Å². The summed E-state index contributed by atoms with van der Waals surface area (Å²) in [5.41, 5.74) is 0. The molecule has 0 aromatic rings. The van der Waals surface area contributed by atoms with Crippen molar-refractivity contribution in [1.82, 2.24) is 0 Å². The first kappa shape index (κ1) is 10.8. The van der Waals surface area contributed by atoms with Crippen LogP contribution in [0.25, 0.3) is 0 Å². The number of carbonyl (C=O) groups excluding carboxylic acids is 1. The number of carbonyl (C=O) groups is 1. The van der Waals surface area contributed by atoms with Gasteiger partial charge >= 0.3 is 0 Å². The van der Waals surface area contributed by atoms with Gasteiger partial charge in [-0.25, -0.2) is 0 Å². The molecule has 3 heteroatoms. The van der Waals surface area contributed by atoms with E-state index in [1.54, 1.807) is 6.92 Å². The van der Waals surface area contributed by atoms with Crippen LogP contribution in [0.5, 0.6) is 0 Å². The molecule has 0 amide bonds. The first-order valence-corrected chi connectivity index (χ1v) is 4.93. The summed E-state index contributed by atoms with van der Waals surface area (Å²) in [5, 5.41) is 0. The Labute approximate surface area is 81.4 Å². The second-order valence-corrected chi connectivity index (χ2v) is 4.10. The molecular weight excluding hydrogens is 163 g/mol. The average Bonchev–Trinajstić information content (AvgIpc) is 2.29. The molecule has 0 aliphatic carbocycles. The molecule has 1 rings (SSSR count). The van der Waals surface area contributed by atoms with Gasteiger partial charge in [-0.15, -0.1) is 0 Å². The summed E-state index contributed by atoms with van der Waals surface area (Å²) >= 11 is 0. The quantitative estimate of drug-likeness (QED) is 0.615. The smallest absolute Gasteiger partial charge is 0.129 e. The van der Waals surface area contributed by atoms with Crippen LogP contribution in [0, 0.1) is 11.8 Å². The molecule has 1 saturated heterocycles. The Kier molecular flexibility index (Phi) is 3.54. The van der Waals surface area contributed by atoms with Crippen LogP contribution in [-0.4, -0.2) is 25.7 Å². The van der Waals surface area contributed by atoms with E-state index >= 15 is 0 Å². The van der Waals surface area contributed by atoms with Crippen LogP contribution < -0.4 is 0 Å². The number of ether oxygens (including phenoxy) is 1. The van der Waals surface area contributed by atoms with Gasteiger partial charge < -0.3 is 9.53 Å². The van der Waals surface area contributed by atoms with Gasteiger partial charge in [0.1, 0.15) is 13.6 Å². The van der Waals surface area contributed by atoms with Crippen LogP contribution in [0.1, 0.15) is 33.6 Å². The molecule has 0 bridgehead atoms. The van der Waals surface area contributed by atoms with Crippen molar-refractivity contribution in [2.24, 2.45) is 11.8 Å². The highest BCUT2D eigenvalue weighted by Gasteiger charge is 2.35. The largest absolute Gasteiger partial charge is 0.384 e. The van der Waals surface area contributed by atoms with Crippen LogP contribution >= 0.6 is 0 Å². The van der Waals surface area contributed by atoms with Crippen LogP contribution in [0.4, 0.5) is 0 Å². The molecule has 1 aliphatic heterocycles. The summed E-state index contributed by atoms with van der Waals surface area (Å²) in [7, 11) is 5.76. The standard InChI is InChI=1S/C10H17BO2/c1-6(12)4-5-9-7(2)8(3)10(11)13-9/h7-10H,4-5H2,1-3H3. The minimum Gasteiger partial charge on any atom is -0.384 e.